The second kappa shape index (κ2) is 16.7. The fraction of sp³-hybridized carbons (Fsp3) is 0.579. The lowest BCUT2D eigenvalue weighted by molar-refractivity contribution is -0.134. The molecule has 0 spiro atoms. The maximum Gasteiger partial charge on any atom is 0.234 e. The third kappa shape index (κ3) is 10.2. The number of benzene rings is 2. The molecule has 2 N–H and O–H groups in total. The SMILES string of the molecule is Cc1ccc(C[C@H](CC(=O)[C@H](C)NC(=O)CN2CCOCC2)C(=O)N[C@@H](CC2CCCC2)C(=O)[C@@]2(C)CO2)cc1OCc1ccccc1. The molecule has 0 unspecified atom stereocenters. The van der Waals surface area contributed by atoms with Crippen LogP contribution in [-0.4, -0.2) is 85.4 Å². The highest BCUT2D eigenvalue weighted by Crippen LogP contribution is 2.34. The first-order valence-corrected chi connectivity index (χ1v) is 17.5. The number of carbonyl (C=O) groups excluding carboxylic acids is 4. The van der Waals surface area contributed by atoms with Gasteiger partial charge in [0, 0.05) is 25.4 Å². The van der Waals surface area contributed by atoms with Crippen molar-refractivity contribution in [2.45, 2.75) is 90.0 Å². The first-order chi connectivity index (χ1) is 23.1. The van der Waals surface area contributed by atoms with E-state index in [1.165, 1.54) is 0 Å². The summed E-state index contributed by atoms with van der Waals surface area (Å²) in [7, 11) is 0. The number of aryl methyl sites for hydroxylation is 1. The molecule has 2 aromatic rings. The van der Waals surface area contributed by atoms with Crippen LogP contribution in [0.25, 0.3) is 0 Å². The van der Waals surface area contributed by atoms with Crippen molar-refractivity contribution in [1.29, 1.82) is 0 Å². The van der Waals surface area contributed by atoms with Crippen molar-refractivity contribution >= 4 is 23.4 Å². The van der Waals surface area contributed by atoms with Gasteiger partial charge in [0.1, 0.15) is 18.0 Å². The van der Waals surface area contributed by atoms with E-state index >= 15 is 0 Å². The van der Waals surface area contributed by atoms with E-state index in [2.05, 4.69) is 10.6 Å². The second-order valence-corrected chi connectivity index (χ2v) is 14.0. The topological polar surface area (TPSA) is 127 Å². The number of nitrogens with zero attached hydrogens (tertiary/aromatic N) is 1. The van der Waals surface area contributed by atoms with E-state index < -0.39 is 23.6 Å². The van der Waals surface area contributed by atoms with E-state index in [0.717, 1.165) is 42.4 Å². The van der Waals surface area contributed by atoms with E-state index in [1.807, 2.05) is 60.4 Å². The summed E-state index contributed by atoms with van der Waals surface area (Å²) >= 11 is 0. The van der Waals surface area contributed by atoms with Crippen molar-refractivity contribution < 1.29 is 33.4 Å². The highest BCUT2D eigenvalue weighted by Gasteiger charge is 2.50. The Bertz CT molecular complexity index is 1410. The molecular formula is C38H51N3O7. The van der Waals surface area contributed by atoms with Crippen LogP contribution in [0, 0.1) is 18.8 Å². The van der Waals surface area contributed by atoms with Gasteiger partial charge in [-0.15, -0.1) is 0 Å². The van der Waals surface area contributed by atoms with Gasteiger partial charge in [-0.25, -0.2) is 0 Å². The summed E-state index contributed by atoms with van der Waals surface area (Å²) in [5, 5.41) is 5.89. The zero-order valence-electron chi connectivity index (χ0n) is 28.6. The van der Waals surface area contributed by atoms with Crippen LogP contribution >= 0.6 is 0 Å². The summed E-state index contributed by atoms with van der Waals surface area (Å²) < 4.78 is 17.0. The van der Waals surface area contributed by atoms with Crippen LogP contribution in [0.3, 0.4) is 0 Å². The molecule has 2 heterocycles. The number of carbonyl (C=O) groups is 4. The monoisotopic (exact) mass is 661 g/mol. The number of morpholine rings is 1. The average Bonchev–Trinajstić information content (AvgIpc) is 3.62. The van der Waals surface area contributed by atoms with Gasteiger partial charge in [0.2, 0.25) is 11.8 Å². The largest absolute Gasteiger partial charge is 0.489 e. The van der Waals surface area contributed by atoms with Crippen molar-refractivity contribution in [1.82, 2.24) is 15.5 Å². The molecule has 2 saturated heterocycles. The summed E-state index contributed by atoms with van der Waals surface area (Å²) in [6.07, 6.45) is 5.08. The predicted molar refractivity (Wildman–Crippen MR) is 182 cm³/mol. The Labute approximate surface area is 284 Å². The molecule has 5 rings (SSSR count). The Kier molecular flexibility index (Phi) is 12.4. The van der Waals surface area contributed by atoms with E-state index in [0.29, 0.717) is 57.6 Å². The highest BCUT2D eigenvalue weighted by atomic mass is 16.6. The van der Waals surface area contributed by atoms with Crippen LogP contribution in [0.1, 0.15) is 69.1 Å². The molecule has 260 valence electrons. The van der Waals surface area contributed by atoms with Gasteiger partial charge in [0.25, 0.3) is 0 Å². The maximum atomic E-state index is 14.1. The summed E-state index contributed by atoms with van der Waals surface area (Å²) in [5.74, 6) is -0.616. The highest BCUT2D eigenvalue weighted by molar-refractivity contribution is 5.98. The molecule has 10 heteroatoms. The van der Waals surface area contributed by atoms with Crippen molar-refractivity contribution in [3.63, 3.8) is 0 Å². The van der Waals surface area contributed by atoms with Gasteiger partial charge in [-0.2, -0.15) is 0 Å². The summed E-state index contributed by atoms with van der Waals surface area (Å²) in [5.41, 5.74) is 1.98. The van der Waals surface area contributed by atoms with Crippen molar-refractivity contribution in [2.24, 2.45) is 11.8 Å². The molecule has 0 aromatic heterocycles. The number of hydrogen-bond acceptors (Lipinski definition) is 8. The Balaban J connectivity index is 1.30. The quantitative estimate of drug-likeness (QED) is 0.244. The number of hydrogen-bond donors (Lipinski definition) is 2. The number of Topliss-reactive ketones (excluding diaryl/α,β-unsaturated/α-hetero) is 2. The molecule has 10 nitrogen and oxygen atoms in total. The lowest BCUT2D eigenvalue weighted by Crippen LogP contribution is -2.50. The zero-order chi connectivity index (χ0) is 34.1. The van der Waals surface area contributed by atoms with Crippen molar-refractivity contribution in [3.8, 4) is 5.75 Å². The molecule has 3 fully saturated rings. The number of ether oxygens (including phenoxy) is 3. The van der Waals surface area contributed by atoms with Gasteiger partial charge in [-0.1, -0.05) is 68.1 Å². The van der Waals surface area contributed by atoms with Gasteiger partial charge in [-0.3, -0.25) is 24.1 Å². The summed E-state index contributed by atoms with van der Waals surface area (Å²) in [6.45, 7) is 8.82. The molecule has 2 aliphatic heterocycles. The molecule has 4 atom stereocenters. The van der Waals surface area contributed by atoms with Gasteiger partial charge in [0.05, 0.1) is 38.4 Å². The molecular weight excluding hydrogens is 610 g/mol. The average molecular weight is 662 g/mol. The van der Waals surface area contributed by atoms with Crippen LogP contribution in [0.4, 0.5) is 0 Å². The molecule has 2 aromatic carbocycles. The van der Waals surface area contributed by atoms with Crippen LogP contribution in [-0.2, 0) is 41.7 Å². The molecule has 3 aliphatic rings. The van der Waals surface area contributed by atoms with Crippen LogP contribution in [0.15, 0.2) is 48.5 Å². The fourth-order valence-corrected chi connectivity index (χ4v) is 6.67. The minimum Gasteiger partial charge on any atom is -0.489 e. The standard InChI is InChI=1S/C38H51N3O7/c1-26-13-14-30(21-34(26)47-24-29-11-5-4-6-12-29)19-31(22-33(42)27(2)39-35(43)23-41-15-17-46-18-16-41)37(45)40-32(20-28-9-7-8-10-28)36(44)38(3)25-48-38/h4-6,11-14,21,27-28,31-32H,7-10,15-20,22-25H2,1-3H3,(H,39,43)(H,40,45)/t27-,31+,32-,38+/m0/s1. The van der Waals surface area contributed by atoms with Gasteiger partial charge in [-0.05, 0) is 62.3 Å². The minimum absolute atomic E-state index is 0.0863. The smallest absolute Gasteiger partial charge is 0.234 e. The normalized spacial score (nSPS) is 21.6. The van der Waals surface area contributed by atoms with E-state index in [9.17, 15) is 19.2 Å². The summed E-state index contributed by atoms with van der Waals surface area (Å²) in [4.78, 5) is 56.0. The van der Waals surface area contributed by atoms with Crippen LogP contribution < -0.4 is 15.4 Å². The lowest BCUT2D eigenvalue weighted by atomic mass is 9.88. The van der Waals surface area contributed by atoms with Gasteiger partial charge >= 0.3 is 0 Å². The lowest BCUT2D eigenvalue weighted by Gasteiger charge is -2.27. The van der Waals surface area contributed by atoms with Gasteiger partial charge in [0.15, 0.2) is 11.6 Å². The molecule has 0 bridgehead atoms. The van der Waals surface area contributed by atoms with Crippen LogP contribution in [0.2, 0.25) is 0 Å². The fourth-order valence-electron chi connectivity index (χ4n) is 6.67. The van der Waals surface area contributed by atoms with E-state index in [4.69, 9.17) is 14.2 Å². The number of rotatable bonds is 17. The third-order valence-corrected chi connectivity index (χ3v) is 9.90. The Morgan fingerprint density at radius 2 is 1.71 bits per heavy atom. The Morgan fingerprint density at radius 1 is 1.00 bits per heavy atom. The first-order valence-electron chi connectivity index (χ1n) is 17.5. The van der Waals surface area contributed by atoms with Crippen molar-refractivity contribution in [2.75, 3.05) is 39.5 Å². The molecule has 1 saturated carbocycles. The molecule has 48 heavy (non-hydrogen) atoms. The number of nitrogens with one attached hydrogen (secondary N) is 2. The van der Waals surface area contributed by atoms with Gasteiger partial charge < -0.3 is 24.8 Å². The zero-order valence-corrected chi connectivity index (χ0v) is 28.6. The van der Waals surface area contributed by atoms with Crippen LogP contribution in [0.5, 0.6) is 5.75 Å². The molecule has 1 aliphatic carbocycles. The Hall–Kier alpha value is -3.60. The minimum atomic E-state index is -0.872. The van der Waals surface area contributed by atoms with Crippen molar-refractivity contribution in [3.05, 3.63) is 65.2 Å². The molecule has 2 amide bonds. The Morgan fingerprint density at radius 3 is 2.40 bits per heavy atom. The predicted octanol–water partition coefficient (Wildman–Crippen LogP) is 3.95. The van der Waals surface area contributed by atoms with E-state index in [1.54, 1.807) is 13.8 Å². The second-order valence-electron chi connectivity index (χ2n) is 14.0. The maximum absolute atomic E-state index is 14.1. The number of amides is 2. The number of epoxide rings is 1. The summed E-state index contributed by atoms with van der Waals surface area (Å²) in [6, 6.07) is 14.3. The van der Waals surface area contributed by atoms with E-state index in [-0.39, 0.29) is 42.8 Å². The molecule has 0 radical (unpaired) electrons. The number of ketones is 2. The third-order valence-electron chi connectivity index (χ3n) is 9.90. The first kappa shape index (κ1) is 35.7.